The molecule has 2 fully saturated rings. The van der Waals surface area contributed by atoms with Crippen LogP contribution >= 0.6 is 12.2 Å². The molecule has 2 aliphatic carbocycles. The highest BCUT2D eigenvalue weighted by molar-refractivity contribution is 7.80. The maximum Gasteiger partial charge on any atom is 0.187 e. The largest absolute Gasteiger partial charge is 0.497 e. The van der Waals surface area contributed by atoms with Gasteiger partial charge in [0.25, 0.3) is 0 Å². The first-order valence-electron chi connectivity index (χ1n) is 7.48. The molecule has 2 aliphatic rings. The maximum atomic E-state index is 5.31. The quantitative estimate of drug-likeness (QED) is 0.510. The molecule has 4 nitrogen and oxygen atoms in total. The normalized spacial score (nSPS) is 27.0. The molecule has 3 atom stereocenters. The molecule has 0 amide bonds. The van der Waals surface area contributed by atoms with Crippen molar-refractivity contribution in [2.24, 2.45) is 16.9 Å². The molecule has 112 valence electrons. The molecule has 3 rings (SSSR count). The lowest BCUT2D eigenvalue weighted by Gasteiger charge is -2.23. The van der Waals surface area contributed by atoms with Gasteiger partial charge >= 0.3 is 0 Å². The second-order valence-corrected chi connectivity index (χ2v) is 6.31. The van der Waals surface area contributed by atoms with Crippen LogP contribution in [0.3, 0.4) is 0 Å². The van der Waals surface area contributed by atoms with Gasteiger partial charge < -0.3 is 10.1 Å². The number of benzene rings is 1. The first kappa shape index (κ1) is 14.3. The van der Waals surface area contributed by atoms with E-state index in [1.807, 2.05) is 24.3 Å². The lowest BCUT2D eigenvalue weighted by molar-refractivity contribution is 0.389. The van der Waals surface area contributed by atoms with E-state index in [1.165, 1.54) is 25.7 Å². The molecule has 2 unspecified atom stereocenters. The van der Waals surface area contributed by atoms with E-state index in [4.69, 9.17) is 17.0 Å². The van der Waals surface area contributed by atoms with Crippen LogP contribution in [0.4, 0.5) is 0 Å². The molecule has 0 aliphatic heterocycles. The Morgan fingerprint density at radius 2 is 2.10 bits per heavy atom. The van der Waals surface area contributed by atoms with Crippen LogP contribution in [0.5, 0.6) is 5.75 Å². The van der Waals surface area contributed by atoms with Crippen molar-refractivity contribution in [1.82, 2.24) is 10.7 Å². The highest BCUT2D eigenvalue weighted by Crippen LogP contribution is 2.44. The van der Waals surface area contributed by atoms with Gasteiger partial charge in [-0.3, -0.25) is 5.43 Å². The van der Waals surface area contributed by atoms with Gasteiger partial charge in [0.15, 0.2) is 5.11 Å². The van der Waals surface area contributed by atoms with E-state index >= 15 is 0 Å². The minimum Gasteiger partial charge on any atom is -0.497 e. The molecule has 0 heterocycles. The van der Waals surface area contributed by atoms with Crippen molar-refractivity contribution >= 4 is 23.5 Å². The summed E-state index contributed by atoms with van der Waals surface area (Å²) in [6.07, 6.45) is 7.14. The van der Waals surface area contributed by atoms with Gasteiger partial charge in [0.2, 0.25) is 0 Å². The molecule has 2 N–H and O–H groups in total. The predicted octanol–water partition coefficient (Wildman–Crippen LogP) is 2.68. The monoisotopic (exact) mass is 303 g/mol. The number of thiocarbonyl (C=S) groups is 1. The Morgan fingerprint density at radius 3 is 2.71 bits per heavy atom. The fourth-order valence-corrected chi connectivity index (χ4v) is 3.68. The standard InChI is InChI=1S/C16H21N3OS/c1-20-14-6-3-11(4-7-14)10-17-19-16(21)18-15-9-12-2-5-13(15)8-12/h3-4,6-7,10,12-13,15H,2,5,8-9H2,1H3,(H2,18,19,21)/b17-10+/t12?,13?,15-/m0/s1. The predicted molar refractivity (Wildman–Crippen MR) is 88.7 cm³/mol. The fraction of sp³-hybridized carbons (Fsp3) is 0.500. The van der Waals surface area contributed by atoms with Gasteiger partial charge in [0.05, 0.1) is 13.3 Å². The summed E-state index contributed by atoms with van der Waals surface area (Å²) in [5.74, 6) is 2.56. The van der Waals surface area contributed by atoms with Gasteiger partial charge in [-0.25, -0.2) is 0 Å². The summed E-state index contributed by atoms with van der Waals surface area (Å²) in [5.41, 5.74) is 3.91. The van der Waals surface area contributed by atoms with Crippen molar-refractivity contribution in [2.75, 3.05) is 7.11 Å². The van der Waals surface area contributed by atoms with Gasteiger partial charge in [-0.05, 0) is 73.1 Å². The number of hydrogen-bond donors (Lipinski definition) is 2. The third-order valence-electron chi connectivity index (χ3n) is 4.55. The topological polar surface area (TPSA) is 45.6 Å². The summed E-state index contributed by atoms with van der Waals surface area (Å²) in [4.78, 5) is 0. The molecule has 5 heteroatoms. The zero-order valence-electron chi connectivity index (χ0n) is 12.2. The van der Waals surface area contributed by atoms with Crippen LogP contribution in [-0.4, -0.2) is 24.5 Å². The fourth-order valence-electron chi connectivity index (χ4n) is 3.48. The summed E-state index contributed by atoms with van der Waals surface area (Å²) in [7, 11) is 1.66. The first-order chi connectivity index (χ1) is 10.2. The molecule has 1 aromatic carbocycles. The van der Waals surface area contributed by atoms with Gasteiger partial charge in [0, 0.05) is 6.04 Å². The van der Waals surface area contributed by atoms with E-state index in [0.29, 0.717) is 11.2 Å². The van der Waals surface area contributed by atoms with Crippen molar-refractivity contribution < 1.29 is 4.74 Å². The summed E-state index contributed by atoms with van der Waals surface area (Å²) in [6.45, 7) is 0. The third-order valence-corrected chi connectivity index (χ3v) is 4.76. The molecule has 0 aromatic heterocycles. The van der Waals surface area contributed by atoms with Gasteiger partial charge in [-0.1, -0.05) is 6.42 Å². The van der Waals surface area contributed by atoms with Crippen molar-refractivity contribution in [3.8, 4) is 5.75 Å². The molecular formula is C16H21N3OS. The molecule has 0 saturated heterocycles. The second kappa shape index (κ2) is 6.43. The zero-order chi connectivity index (χ0) is 14.7. The van der Waals surface area contributed by atoms with E-state index in [2.05, 4.69) is 15.8 Å². The number of hydrazone groups is 1. The number of nitrogens with one attached hydrogen (secondary N) is 2. The van der Waals surface area contributed by atoms with E-state index in [-0.39, 0.29) is 0 Å². The Hall–Kier alpha value is -1.62. The summed E-state index contributed by atoms with van der Waals surface area (Å²) in [6, 6.07) is 8.27. The Morgan fingerprint density at radius 1 is 1.29 bits per heavy atom. The van der Waals surface area contributed by atoms with Crippen LogP contribution in [0.1, 0.15) is 31.2 Å². The van der Waals surface area contributed by atoms with Crippen LogP contribution < -0.4 is 15.5 Å². The molecule has 0 radical (unpaired) electrons. The Labute approximate surface area is 131 Å². The van der Waals surface area contributed by atoms with E-state index in [1.54, 1.807) is 13.3 Å². The summed E-state index contributed by atoms with van der Waals surface area (Å²) in [5, 5.41) is 8.21. The highest BCUT2D eigenvalue weighted by Gasteiger charge is 2.39. The van der Waals surface area contributed by atoms with Crippen molar-refractivity contribution in [3.05, 3.63) is 29.8 Å². The van der Waals surface area contributed by atoms with Gasteiger partial charge in [-0.2, -0.15) is 5.10 Å². The van der Waals surface area contributed by atoms with E-state index in [9.17, 15) is 0 Å². The average molecular weight is 303 g/mol. The Balaban J connectivity index is 1.45. The van der Waals surface area contributed by atoms with Gasteiger partial charge in [0.1, 0.15) is 5.75 Å². The minimum absolute atomic E-state index is 0.542. The Kier molecular flexibility index (Phi) is 4.39. The van der Waals surface area contributed by atoms with Crippen LogP contribution in [0.25, 0.3) is 0 Å². The third kappa shape index (κ3) is 3.53. The molecule has 0 spiro atoms. The van der Waals surface area contributed by atoms with Gasteiger partial charge in [-0.15, -0.1) is 0 Å². The summed E-state index contributed by atoms with van der Waals surface area (Å²) >= 11 is 5.31. The SMILES string of the molecule is COc1ccc(/C=N/NC(=S)N[C@H]2CC3CCC2C3)cc1. The maximum absolute atomic E-state index is 5.31. The molecule has 1 aromatic rings. The van der Waals surface area contributed by atoms with E-state index in [0.717, 1.165) is 23.1 Å². The minimum atomic E-state index is 0.542. The van der Waals surface area contributed by atoms with E-state index < -0.39 is 0 Å². The molecule has 2 saturated carbocycles. The first-order valence-corrected chi connectivity index (χ1v) is 7.89. The number of nitrogens with zero attached hydrogens (tertiary/aromatic N) is 1. The summed E-state index contributed by atoms with van der Waals surface area (Å²) < 4.78 is 5.12. The second-order valence-electron chi connectivity index (χ2n) is 5.90. The smallest absolute Gasteiger partial charge is 0.187 e. The molecule has 2 bridgehead atoms. The zero-order valence-corrected chi connectivity index (χ0v) is 13.0. The van der Waals surface area contributed by atoms with Crippen molar-refractivity contribution in [3.63, 3.8) is 0 Å². The van der Waals surface area contributed by atoms with Crippen molar-refractivity contribution in [1.29, 1.82) is 0 Å². The lowest BCUT2D eigenvalue weighted by atomic mass is 9.96. The van der Waals surface area contributed by atoms with Crippen LogP contribution in [-0.2, 0) is 0 Å². The average Bonchev–Trinajstić information content (AvgIpc) is 3.10. The van der Waals surface area contributed by atoms with Crippen LogP contribution in [0.15, 0.2) is 29.4 Å². The number of rotatable bonds is 4. The number of fused-ring (bicyclic) bond motifs is 2. The van der Waals surface area contributed by atoms with Crippen LogP contribution in [0.2, 0.25) is 0 Å². The molecule has 21 heavy (non-hydrogen) atoms. The number of ether oxygens (including phenoxy) is 1. The number of hydrogen-bond acceptors (Lipinski definition) is 3. The lowest BCUT2D eigenvalue weighted by Crippen LogP contribution is -2.42. The van der Waals surface area contributed by atoms with Crippen LogP contribution in [0, 0.1) is 11.8 Å². The molecular weight excluding hydrogens is 282 g/mol. The number of methoxy groups -OCH3 is 1. The Bertz CT molecular complexity index is 529. The van der Waals surface area contributed by atoms with Crippen molar-refractivity contribution in [2.45, 2.75) is 31.7 Å². The highest BCUT2D eigenvalue weighted by atomic mass is 32.1.